The lowest BCUT2D eigenvalue weighted by Crippen LogP contribution is -2.38. The topological polar surface area (TPSA) is 23.6 Å². The molecule has 0 aliphatic carbocycles. The van der Waals surface area contributed by atoms with E-state index in [9.17, 15) is 4.79 Å². The minimum Gasteiger partial charge on any atom is -0.338 e. The maximum absolute atomic E-state index is 12.5. The molecular weight excluding hydrogens is 236 g/mol. The summed E-state index contributed by atoms with van der Waals surface area (Å²) in [6.07, 6.45) is 0. The van der Waals surface area contributed by atoms with Gasteiger partial charge in [-0.05, 0) is 38.6 Å². The third-order valence-electron chi connectivity index (χ3n) is 3.62. The molecule has 19 heavy (non-hydrogen) atoms. The van der Waals surface area contributed by atoms with Crippen LogP contribution in [0, 0.1) is 6.92 Å². The molecule has 0 saturated heterocycles. The van der Waals surface area contributed by atoms with E-state index in [-0.39, 0.29) is 5.91 Å². The van der Waals surface area contributed by atoms with Crippen molar-refractivity contribution in [2.75, 3.05) is 32.7 Å². The highest BCUT2D eigenvalue weighted by atomic mass is 16.2. The molecule has 1 aromatic rings. The number of carbonyl (C=O) groups is 1. The Bertz CT molecular complexity index is 399. The molecule has 0 aromatic heterocycles. The van der Waals surface area contributed by atoms with Gasteiger partial charge in [-0.2, -0.15) is 0 Å². The second-order valence-corrected chi connectivity index (χ2v) is 4.73. The summed E-state index contributed by atoms with van der Waals surface area (Å²) in [5, 5.41) is 0. The summed E-state index contributed by atoms with van der Waals surface area (Å²) in [5.41, 5.74) is 1.87. The molecule has 0 radical (unpaired) electrons. The smallest absolute Gasteiger partial charge is 0.254 e. The number of rotatable bonds is 7. The molecule has 0 unspecified atom stereocenters. The highest BCUT2D eigenvalue weighted by Crippen LogP contribution is 2.10. The van der Waals surface area contributed by atoms with Crippen LogP contribution < -0.4 is 0 Å². The maximum atomic E-state index is 12.5. The van der Waals surface area contributed by atoms with E-state index >= 15 is 0 Å². The molecule has 106 valence electrons. The first-order valence-corrected chi connectivity index (χ1v) is 7.21. The minimum atomic E-state index is 0.146. The van der Waals surface area contributed by atoms with Gasteiger partial charge >= 0.3 is 0 Å². The van der Waals surface area contributed by atoms with Crippen molar-refractivity contribution in [1.82, 2.24) is 9.80 Å². The van der Waals surface area contributed by atoms with Crippen LogP contribution in [0.3, 0.4) is 0 Å². The highest BCUT2D eigenvalue weighted by molar-refractivity contribution is 5.95. The molecule has 1 aromatic carbocycles. The fourth-order valence-electron chi connectivity index (χ4n) is 2.19. The molecule has 0 aliphatic rings. The van der Waals surface area contributed by atoms with Crippen LogP contribution in [-0.2, 0) is 0 Å². The maximum Gasteiger partial charge on any atom is 0.254 e. The normalized spacial score (nSPS) is 10.8. The molecule has 0 fully saturated rings. The minimum absolute atomic E-state index is 0.146. The molecule has 3 heteroatoms. The number of aryl methyl sites for hydroxylation is 1. The first-order valence-electron chi connectivity index (χ1n) is 7.21. The van der Waals surface area contributed by atoms with E-state index in [1.165, 1.54) is 0 Å². The predicted octanol–water partition coefficient (Wildman–Crippen LogP) is 2.80. The van der Waals surface area contributed by atoms with Gasteiger partial charge in [0, 0.05) is 25.2 Å². The van der Waals surface area contributed by atoms with E-state index in [1.807, 2.05) is 43.0 Å². The molecular formula is C16H26N2O. The summed E-state index contributed by atoms with van der Waals surface area (Å²) in [6.45, 7) is 12.9. The number of nitrogens with zero attached hydrogens (tertiary/aromatic N) is 2. The van der Waals surface area contributed by atoms with Gasteiger partial charge < -0.3 is 9.80 Å². The summed E-state index contributed by atoms with van der Waals surface area (Å²) >= 11 is 0. The van der Waals surface area contributed by atoms with E-state index in [0.29, 0.717) is 0 Å². The van der Waals surface area contributed by atoms with E-state index in [0.717, 1.165) is 43.9 Å². The lowest BCUT2D eigenvalue weighted by atomic mass is 10.1. The second-order valence-electron chi connectivity index (χ2n) is 4.73. The largest absolute Gasteiger partial charge is 0.338 e. The Kier molecular flexibility index (Phi) is 6.57. The second kappa shape index (κ2) is 7.95. The van der Waals surface area contributed by atoms with Crippen LogP contribution in [0.15, 0.2) is 24.3 Å². The first kappa shape index (κ1) is 15.7. The quantitative estimate of drug-likeness (QED) is 0.754. The van der Waals surface area contributed by atoms with E-state index in [2.05, 4.69) is 18.7 Å². The molecule has 0 saturated carbocycles. The van der Waals surface area contributed by atoms with Gasteiger partial charge in [-0.15, -0.1) is 0 Å². The summed E-state index contributed by atoms with van der Waals surface area (Å²) in [6, 6.07) is 7.81. The highest BCUT2D eigenvalue weighted by Gasteiger charge is 2.16. The zero-order chi connectivity index (χ0) is 14.3. The van der Waals surface area contributed by atoms with Gasteiger partial charge in [0.15, 0.2) is 0 Å². The Morgan fingerprint density at radius 2 is 1.63 bits per heavy atom. The Morgan fingerprint density at radius 1 is 1.00 bits per heavy atom. The number of carbonyl (C=O) groups excluding carboxylic acids is 1. The number of hydrogen-bond donors (Lipinski definition) is 0. The Morgan fingerprint density at radius 3 is 2.16 bits per heavy atom. The lowest BCUT2D eigenvalue weighted by Gasteiger charge is -2.26. The number of likely N-dealkylation sites (N-methyl/N-ethyl adjacent to an activating group) is 2. The molecule has 0 aliphatic heterocycles. The van der Waals surface area contributed by atoms with Crippen LogP contribution in [0.1, 0.15) is 36.7 Å². The molecule has 0 spiro atoms. The molecule has 3 nitrogen and oxygen atoms in total. The average molecular weight is 262 g/mol. The van der Waals surface area contributed by atoms with E-state index < -0.39 is 0 Å². The Labute approximate surface area is 117 Å². The van der Waals surface area contributed by atoms with Crippen LogP contribution in [0.5, 0.6) is 0 Å². The van der Waals surface area contributed by atoms with Crippen LogP contribution >= 0.6 is 0 Å². The molecule has 0 heterocycles. The van der Waals surface area contributed by atoms with Crippen LogP contribution in [0.4, 0.5) is 0 Å². The number of amides is 1. The molecule has 0 atom stereocenters. The Balaban J connectivity index is 2.70. The van der Waals surface area contributed by atoms with E-state index in [4.69, 9.17) is 0 Å². The zero-order valence-corrected chi connectivity index (χ0v) is 12.6. The standard InChI is InChI=1S/C16H26N2O/c1-5-17(6-2)12-13-18(7-3)16(19)15-11-9-8-10-14(15)4/h8-11H,5-7,12-13H2,1-4H3. The average Bonchev–Trinajstić information content (AvgIpc) is 2.44. The molecule has 0 N–H and O–H groups in total. The SMILES string of the molecule is CCN(CC)CCN(CC)C(=O)c1ccccc1C. The van der Waals surface area contributed by atoms with Crippen molar-refractivity contribution in [3.63, 3.8) is 0 Å². The molecule has 0 bridgehead atoms. The fraction of sp³-hybridized carbons (Fsp3) is 0.562. The van der Waals surface area contributed by atoms with Crippen molar-refractivity contribution in [2.45, 2.75) is 27.7 Å². The number of benzene rings is 1. The van der Waals surface area contributed by atoms with Gasteiger partial charge in [-0.3, -0.25) is 4.79 Å². The van der Waals surface area contributed by atoms with Crippen LogP contribution in [-0.4, -0.2) is 48.4 Å². The molecule has 1 rings (SSSR count). The predicted molar refractivity (Wildman–Crippen MR) is 80.5 cm³/mol. The number of hydrogen-bond acceptors (Lipinski definition) is 2. The van der Waals surface area contributed by atoms with Crippen molar-refractivity contribution in [2.24, 2.45) is 0 Å². The summed E-state index contributed by atoms with van der Waals surface area (Å²) in [4.78, 5) is 16.8. The van der Waals surface area contributed by atoms with Crippen molar-refractivity contribution >= 4 is 5.91 Å². The third-order valence-corrected chi connectivity index (χ3v) is 3.62. The van der Waals surface area contributed by atoms with E-state index in [1.54, 1.807) is 0 Å². The molecule has 1 amide bonds. The summed E-state index contributed by atoms with van der Waals surface area (Å²) < 4.78 is 0. The van der Waals surface area contributed by atoms with Gasteiger partial charge in [-0.25, -0.2) is 0 Å². The monoisotopic (exact) mass is 262 g/mol. The van der Waals surface area contributed by atoms with Crippen LogP contribution in [0.2, 0.25) is 0 Å². The third kappa shape index (κ3) is 4.35. The van der Waals surface area contributed by atoms with Gasteiger partial charge in [0.25, 0.3) is 5.91 Å². The van der Waals surface area contributed by atoms with Gasteiger partial charge in [0.1, 0.15) is 0 Å². The van der Waals surface area contributed by atoms with Crippen molar-refractivity contribution in [3.05, 3.63) is 35.4 Å². The summed E-state index contributed by atoms with van der Waals surface area (Å²) in [7, 11) is 0. The van der Waals surface area contributed by atoms with Gasteiger partial charge in [0.05, 0.1) is 0 Å². The van der Waals surface area contributed by atoms with Crippen molar-refractivity contribution < 1.29 is 4.79 Å². The van der Waals surface area contributed by atoms with Crippen LogP contribution in [0.25, 0.3) is 0 Å². The zero-order valence-electron chi connectivity index (χ0n) is 12.6. The Hall–Kier alpha value is -1.35. The van der Waals surface area contributed by atoms with Crippen molar-refractivity contribution in [1.29, 1.82) is 0 Å². The lowest BCUT2D eigenvalue weighted by molar-refractivity contribution is 0.0746. The van der Waals surface area contributed by atoms with Crippen molar-refractivity contribution in [3.8, 4) is 0 Å². The van der Waals surface area contributed by atoms with Gasteiger partial charge in [-0.1, -0.05) is 32.0 Å². The van der Waals surface area contributed by atoms with Gasteiger partial charge in [0.2, 0.25) is 0 Å². The summed E-state index contributed by atoms with van der Waals surface area (Å²) in [5.74, 6) is 0.146. The fourth-order valence-corrected chi connectivity index (χ4v) is 2.19. The first-order chi connectivity index (χ1) is 9.13.